The predicted molar refractivity (Wildman–Crippen MR) is 102 cm³/mol. The van der Waals surface area contributed by atoms with Crippen molar-refractivity contribution in [2.75, 3.05) is 36.5 Å². The zero-order chi connectivity index (χ0) is 17.8. The summed E-state index contributed by atoms with van der Waals surface area (Å²) in [5.74, 6) is -0.0376. The first-order chi connectivity index (χ1) is 12.8. The van der Waals surface area contributed by atoms with E-state index in [1.807, 2.05) is 65.5 Å². The minimum atomic E-state index is -0.0376. The maximum absolute atomic E-state index is 12.3. The Morgan fingerprint density at radius 1 is 1.00 bits per heavy atom. The number of nitrogens with one attached hydrogen (secondary N) is 1. The molecule has 1 amide bonds. The fourth-order valence-corrected chi connectivity index (χ4v) is 3.22. The summed E-state index contributed by atoms with van der Waals surface area (Å²) in [5, 5.41) is 5.26. The van der Waals surface area contributed by atoms with Crippen LogP contribution in [0.2, 0.25) is 0 Å². The van der Waals surface area contributed by atoms with Crippen molar-refractivity contribution < 1.29 is 14.1 Å². The summed E-state index contributed by atoms with van der Waals surface area (Å²) >= 11 is 0. The second-order valence-electron chi connectivity index (χ2n) is 6.44. The number of carbonyl (C=O) groups is 1. The number of fused-ring (bicyclic) bond motifs is 1. The third-order valence-corrected chi connectivity index (χ3v) is 4.60. The van der Waals surface area contributed by atoms with Gasteiger partial charge in [0, 0.05) is 35.9 Å². The van der Waals surface area contributed by atoms with Crippen molar-refractivity contribution in [2.45, 2.75) is 6.54 Å². The van der Waals surface area contributed by atoms with Crippen LogP contribution in [-0.4, -0.2) is 32.2 Å². The first-order valence-electron chi connectivity index (χ1n) is 8.88. The predicted octanol–water partition coefficient (Wildman–Crippen LogP) is 2.60. The molecule has 5 heteroatoms. The second kappa shape index (κ2) is 7.54. The van der Waals surface area contributed by atoms with Crippen LogP contribution in [0.4, 0.5) is 11.4 Å². The molecule has 2 aromatic carbocycles. The van der Waals surface area contributed by atoms with E-state index >= 15 is 0 Å². The van der Waals surface area contributed by atoms with Crippen LogP contribution >= 0.6 is 0 Å². The molecule has 1 aromatic heterocycles. The number of morpholine rings is 1. The lowest BCUT2D eigenvalue weighted by Gasteiger charge is -2.28. The highest BCUT2D eigenvalue weighted by atomic mass is 16.5. The Labute approximate surface area is 152 Å². The van der Waals surface area contributed by atoms with E-state index in [-0.39, 0.29) is 12.5 Å². The molecule has 5 nitrogen and oxygen atoms in total. The number of benzene rings is 2. The molecule has 0 bridgehead atoms. The van der Waals surface area contributed by atoms with Gasteiger partial charge in [-0.2, -0.15) is 4.57 Å². The fraction of sp³-hybridized carbons (Fsp3) is 0.238. The molecule has 0 atom stereocenters. The second-order valence-corrected chi connectivity index (χ2v) is 6.44. The lowest BCUT2D eigenvalue weighted by molar-refractivity contribution is -0.682. The minimum Gasteiger partial charge on any atom is -0.378 e. The molecule has 2 heterocycles. The van der Waals surface area contributed by atoms with Crippen molar-refractivity contribution in [1.29, 1.82) is 0 Å². The third kappa shape index (κ3) is 3.83. The number of aromatic nitrogens is 1. The van der Waals surface area contributed by atoms with Gasteiger partial charge in [0.15, 0.2) is 12.4 Å². The number of pyridine rings is 1. The molecule has 1 fully saturated rings. The molecule has 1 aliphatic heterocycles. The summed E-state index contributed by atoms with van der Waals surface area (Å²) in [4.78, 5) is 14.6. The van der Waals surface area contributed by atoms with Crippen LogP contribution in [-0.2, 0) is 16.1 Å². The summed E-state index contributed by atoms with van der Waals surface area (Å²) in [6, 6.07) is 18.2. The molecule has 1 N–H and O–H groups in total. The van der Waals surface area contributed by atoms with E-state index in [1.165, 1.54) is 5.39 Å². The molecule has 0 saturated carbocycles. The molecule has 0 unspecified atom stereocenters. The average molecular weight is 348 g/mol. The number of ether oxygens (including phenoxy) is 1. The van der Waals surface area contributed by atoms with E-state index < -0.39 is 0 Å². The highest BCUT2D eigenvalue weighted by Gasteiger charge is 2.13. The number of hydrogen-bond acceptors (Lipinski definition) is 3. The SMILES string of the molecule is O=C(C[n+]1ccc2ccccc2c1)Nc1ccc(N2CCOCC2)cc1. The molecular weight excluding hydrogens is 326 g/mol. The normalized spacial score (nSPS) is 14.4. The maximum Gasteiger partial charge on any atom is 0.290 e. The van der Waals surface area contributed by atoms with Gasteiger partial charge in [-0.15, -0.1) is 0 Å². The zero-order valence-corrected chi connectivity index (χ0v) is 14.6. The van der Waals surface area contributed by atoms with Gasteiger partial charge in [0.05, 0.1) is 13.2 Å². The highest BCUT2D eigenvalue weighted by molar-refractivity contribution is 5.90. The summed E-state index contributed by atoms with van der Waals surface area (Å²) in [6.45, 7) is 3.63. The van der Waals surface area contributed by atoms with E-state index in [9.17, 15) is 4.79 Å². The quantitative estimate of drug-likeness (QED) is 0.737. The van der Waals surface area contributed by atoms with Crippen LogP contribution in [0.25, 0.3) is 10.8 Å². The van der Waals surface area contributed by atoms with E-state index in [0.29, 0.717) is 0 Å². The van der Waals surface area contributed by atoms with Gasteiger partial charge < -0.3 is 15.0 Å². The van der Waals surface area contributed by atoms with Gasteiger partial charge in [0.25, 0.3) is 5.91 Å². The molecule has 132 valence electrons. The molecule has 1 aliphatic rings. The summed E-state index contributed by atoms with van der Waals surface area (Å²) in [5.41, 5.74) is 1.98. The molecule has 4 rings (SSSR count). The minimum absolute atomic E-state index is 0.0376. The van der Waals surface area contributed by atoms with E-state index in [1.54, 1.807) is 0 Å². The Morgan fingerprint density at radius 3 is 2.50 bits per heavy atom. The number of amides is 1. The number of nitrogens with zero attached hydrogens (tertiary/aromatic N) is 2. The number of carbonyl (C=O) groups excluding carboxylic acids is 1. The van der Waals surface area contributed by atoms with Crippen molar-refractivity contribution in [2.24, 2.45) is 0 Å². The Bertz CT molecular complexity index is 903. The standard InChI is InChI=1S/C21H21N3O2/c25-21(16-23-10-9-17-3-1-2-4-18(17)15-23)22-19-5-7-20(8-6-19)24-11-13-26-14-12-24/h1-10,15H,11-14,16H2/p+1. The zero-order valence-electron chi connectivity index (χ0n) is 14.6. The van der Waals surface area contributed by atoms with Gasteiger partial charge >= 0.3 is 0 Å². The molecule has 26 heavy (non-hydrogen) atoms. The van der Waals surface area contributed by atoms with Crippen LogP contribution in [0.1, 0.15) is 0 Å². The first kappa shape index (κ1) is 16.5. The van der Waals surface area contributed by atoms with Crippen molar-refractivity contribution in [3.63, 3.8) is 0 Å². The highest BCUT2D eigenvalue weighted by Crippen LogP contribution is 2.19. The van der Waals surface area contributed by atoms with E-state index in [4.69, 9.17) is 4.74 Å². The van der Waals surface area contributed by atoms with Crippen LogP contribution in [0.15, 0.2) is 67.0 Å². The Hall–Kier alpha value is -2.92. The Morgan fingerprint density at radius 2 is 1.73 bits per heavy atom. The van der Waals surface area contributed by atoms with Crippen LogP contribution in [0, 0.1) is 0 Å². The van der Waals surface area contributed by atoms with Crippen LogP contribution < -0.4 is 14.8 Å². The first-order valence-corrected chi connectivity index (χ1v) is 8.88. The molecule has 0 aliphatic carbocycles. The molecule has 1 saturated heterocycles. The third-order valence-electron chi connectivity index (χ3n) is 4.60. The van der Waals surface area contributed by atoms with E-state index in [2.05, 4.69) is 16.3 Å². The van der Waals surface area contributed by atoms with Crippen LogP contribution in [0.5, 0.6) is 0 Å². The summed E-state index contributed by atoms with van der Waals surface area (Å²) in [6.07, 6.45) is 3.93. The van der Waals surface area contributed by atoms with Gasteiger partial charge in [0.2, 0.25) is 6.54 Å². The topological polar surface area (TPSA) is 45.5 Å². The lowest BCUT2D eigenvalue weighted by Crippen LogP contribution is -2.39. The van der Waals surface area contributed by atoms with Gasteiger partial charge in [0.1, 0.15) is 0 Å². The monoisotopic (exact) mass is 348 g/mol. The van der Waals surface area contributed by atoms with Crippen molar-refractivity contribution in [3.8, 4) is 0 Å². The fourth-order valence-electron chi connectivity index (χ4n) is 3.22. The van der Waals surface area contributed by atoms with Gasteiger partial charge in [-0.05, 0) is 35.7 Å². The molecule has 3 aromatic rings. The summed E-state index contributed by atoms with van der Waals surface area (Å²) < 4.78 is 7.28. The van der Waals surface area contributed by atoms with Crippen molar-refractivity contribution in [1.82, 2.24) is 0 Å². The molecule has 0 radical (unpaired) electrons. The van der Waals surface area contributed by atoms with Gasteiger partial charge in [-0.1, -0.05) is 18.2 Å². The molecule has 0 spiro atoms. The Kier molecular flexibility index (Phi) is 4.80. The number of hydrogen-bond donors (Lipinski definition) is 1. The van der Waals surface area contributed by atoms with Crippen molar-refractivity contribution >= 4 is 28.1 Å². The Balaban J connectivity index is 1.39. The van der Waals surface area contributed by atoms with Crippen LogP contribution in [0.3, 0.4) is 0 Å². The van der Waals surface area contributed by atoms with E-state index in [0.717, 1.165) is 43.1 Å². The van der Waals surface area contributed by atoms with Crippen molar-refractivity contribution in [3.05, 3.63) is 67.0 Å². The number of anilines is 2. The van der Waals surface area contributed by atoms with Gasteiger partial charge in [-0.3, -0.25) is 4.79 Å². The number of rotatable bonds is 4. The van der Waals surface area contributed by atoms with Gasteiger partial charge in [-0.25, -0.2) is 0 Å². The lowest BCUT2D eigenvalue weighted by atomic mass is 10.2. The maximum atomic E-state index is 12.3. The summed E-state index contributed by atoms with van der Waals surface area (Å²) in [7, 11) is 0. The smallest absolute Gasteiger partial charge is 0.290 e. The largest absolute Gasteiger partial charge is 0.378 e. The molecular formula is C21H22N3O2+. The average Bonchev–Trinajstić information content (AvgIpc) is 2.69.